The summed E-state index contributed by atoms with van der Waals surface area (Å²) in [6.07, 6.45) is -4.56. The van der Waals surface area contributed by atoms with Gasteiger partial charge < -0.3 is 4.74 Å². The van der Waals surface area contributed by atoms with Crippen LogP contribution in [0.5, 0.6) is 11.8 Å². The maximum absolute atomic E-state index is 12.7. The van der Waals surface area contributed by atoms with Gasteiger partial charge in [0.15, 0.2) is 0 Å². The summed E-state index contributed by atoms with van der Waals surface area (Å²) in [6, 6.07) is 4.22. The second-order valence-corrected chi connectivity index (χ2v) is 3.93. The van der Waals surface area contributed by atoms with E-state index in [2.05, 4.69) is 15.0 Å². The molecule has 19 heavy (non-hydrogen) atoms. The number of hydrogen-bond acceptors (Lipinski definition) is 4. The fourth-order valence-corrected chi connectivity index (χ4v) is 1.59. The lowest BCUT2D eigenvalue weighted by Gasteiger charge is -2.12. The first-order chi connectivity index (χ1) is 8.86. The molecular weight excluding hydrogens is 306 g/mol. The average Bonchev–Trinajstić information content (AvgIpc) is 2.26. The largest absolute Gasteiger partial charge is 0.424 e. The van der Waals surface area contributed by atoms with Crippen molar-refractivity contribution in [3.8, 4) is 11.8 Å². The molecule has 100 valence electrons. The van der Waals surface area contributed by atoms with Crippen LogP contribution in [0.3, 0.4) is 0 Å². The summed E-state index contributed by atoms with van der Waals surface area (Å²) in [5.74, 6) is -0.451. The number of hydrogen-bond donors (Lipinski definition) is 0. The van der Waals surface area contributed by atoms with Gasteiger partial charge in [-0.05, 0) is 35.3 Å². The fraction of sp³-hybridized carbons (Fsp3) is 0.100. The smallest absolute Gasteiger partial charge is 0.419 e. The highest BCUT2D eigenvalue weighted by Crippen LogP contribution is 2.37. The zero-order valence-electron chi connectivity index (χ0n) is 8.95. The second-order valence-electron chi connectivity index (χ2n) is 3.25. The standard InChI is InChI=1S/C10H4Cl2F3N3O/c11-7-16-8(12)18-9(17-7)19-6-4-2-1-3-5(6)10(13,14)15/h1-4H. The molecule has 4 nitrogen and oxygen atoms in total. The maximum atomic E-state index is 12.7. The third-order valence-corrected chi connectivity index (χ3v) is 2.29. The molecular formula is C10H4Cl2F3N3O. The zero-order chi connectivity index (χ0) is 14.0. The minimum absolute atomic E-state index is 0.278. The lowest BCUT2D eigenvalue weighted by molar-refractivity contribution is -0.138. The van der Waals surface area contributed by atoms with Crippen LogP contribution in [0.15, 0.2) is 24.3 Å². The normalized spacial score (nSPS) is 11.4. The molecule has 1 heterocycles. The summed E-state index contributed by atoms with van der Waals surface area (Å²) >= 11 is 11.0. The fourth-order valence-electron chi connectivity index (χ4n) is 1.24. The molecule has 0 N–H and O–H groups in total. The molecule has 0 radical (unpaired) electrons. The Labute approximate surface area is 115 Å². The molecule has 0 aliphatic heterocycles. The van der Waals surface area contributed by atoms with Crippen molar-refractivity contribution in [1.29, 1.82) is 0 Å². The van der Waals surface area contributed by atoms with Gasteiger partial charge in [0.05, 0.1) is 5.56 Å². The predicted octanol–water partition coefficient (Wildman–Crippen LogP) is 3.99. The Hall–Kier alpha value is -1.60. The first kappa shape index (κ1) is 13.8. The maximum Gasteiger partial charge on any atom is 0.419 e. The molecule has 1 aromatic heterocycles. The second kappa shape index (κ2) is 5.18. The Morgan fingerprint density at radius 1 is 0.947 bits per heavy atom. The van der Waals surface area contributed by atoms with E-state index in [0.717, 1.165) is 12.1 Å². The van der Waals surface area contributed by atoms with Crippen molar-refractivity contribution < 1.29 is 17.9 Å². The third-order valence-electron chi connectivity index (χ3n) is 1.95. The highest BCUT2D eigenvalue weighted by molar-refractivity contribution is 6.31. The van der Waals surface area contributed by atoms with Crippen LogP contribution in [0.4, 0.5) is 13.2 Å². The van der Waals surface area contributed by atoms with E-state index >= 15 is 0 Å². The summed E-state index contributed by atoms with van der Waals surface area (Å²) < 4.78 is 43.1. The Bertz CT molecular complexity index is 587. The van der Waals surface area contributed by atoms with E-state index in [9.17, 15) is 13.2 Å². The van der Waals surface area contributed by atoms with E-state index in [4.69, 9.17) is 27.9 Å². The predicted molar refractivity (Wildman–Crippen MR) is 61.4 cm³/mol. The van der Waals surface area contributed by atoms with Crippen molar-refractivity contribution >= 4 is 23.2 Å². The van der Waals surface area contributed by atoms with Crippen molar-refractivity contribution in [2.75, 3.05) is 0 Å². The van der Waals surface area contributed by atoms with Gasteiger partial charge in [-0.2, -0.15) is 28.1 Å². The molecule has 0 atom stereocenters. The summed E-state index contributed by atoms with van der Waals surface area (Å²) in [5, 5.41) is -0.557. The first-order valence-electron chi connectivity index (χ1n) is 4.77. The zero-order valence-corrected chi connectivity index (χ0v) is 10.5. The molecule has 0 amide bonds. The number of ether oxygens (including phenoxy) is 1. The molecule has 2 rings (SSSR count). The van der Waals surface area contributed by atoms with Crippen LogP contribution in [0.25, 0.3) is 0 Å². The van der Waals surface area contributed by atoms with Gasteiger partial charge in [-0.15, -0.1) is 0 Å². The molecule has 0 spiro atoms. The monoisotopic (exact) mass is 309 g/mol. The lowest BCUT2D eigenvalue weighted by atomic mass is 10.2. The number of nitrogens with zero attached hydrogens (tertiary/aromatic N) is 3. The van der Waals surface area contributed by atoms with Crippen LogP contribution in [0.2, 0.25) is 10.6 Å². The number of benzene rings is 1. The van der Waals surface area contributed by atoms with E-state index < -0.39 is 23.5 Å². The number of alkyl halides is 3. The van der Waals surface area contributed by atoms with Gasteiger partial charge >= 0.3 is 12.2 Å². The van der Waals surface area contributed by atoms with Crippen LogP contribution in [0.1, 0.15) is 5.56 Å². The van der Waals surface area contributed by atoms with Crippen LogP contribution in [-0.4, -0.2) is 15.0 Å². The van der Waals surface area contributed by atoms with Gasteiger partial charge in [-0.1, -0.05) is 12.1 Å². The minimum Gasteiger partial charge on any atom is -0.424 e. The lowest BCUT2D eigenvalue weighted by Crippen LogP contribution is -2.07. The minimum atomic E-state index is -4.56. The van der Waals surface area contributed by atoms with E-state index in [0.29, 0.717) is 0 Å². The van der Waals surface area contributed by atoms with E-state index in [1.54, 1.807) is 0 Å². The van der Waals surface area contributed by atoms with E-state index in [1.807, 2.05) is 0 Å². The molecule has 0 saturated carbocycles. The Balaban J connectivity index is 2.38. The van der Waals surface area contributed by atoms with Crippen molar-refractivity contribution in [1.82, 2.24) is 15.0 Å². The third kappa shape index (κ3) is 3.45. The van der Waals surface area contributed by atoms with Gasteiger partial charge in [0, 0.05) is 0 Å². The number of halogens is 5. The molecule has 9 heteroatoms. The van der Waals surface area contributed by atoms with Crippen LogP contribution < -0.4 is 4.74 Å². The SMILES string of the molecule is FC(F)(F)c1ccccc1Oc1nc(Cl)nc(Cl)n1. The van der Waals surface area contributed by atoms with E-state index in [-0.39, 0.29) is 10.6 Å². The number of para-hydroxylation sites is 1. The summed E-state index contributed by atoms with van der Waals surface area (Å²) in [7, 11) is 0. The molecule has 0 fully saturated rings. The Kier molecular flexibility index (Phi) is 3.77. The average molecular weight is 310 g/mol. The summed E-state index contributed by atoms with van der Waals surface area (Å²) in [4.78, 5) is 10.5. The quantitative estimate of drug-likeness (QED) is 0.841. The van der Waals surface area contributed by atoms with Gasteiger partial charge in [-0.25, -0.2) is 0 Å². The van der Waals surface area contributed by atoms with Gasteiger partial charge in [0.2, 0.25) is 10.6 Å². The molecule has 0 aliphatic rings. The molecule has 0 bridgehead atoms. The van der Waals surface area contributed by atoms with Crippen molar-refractivity contribution in [3.05, 3.63) is 40.4 Å². The van der Waals surface area contributed by atoms with Gasteiger partial charge in [0.1, 0.15) is 5.75 Å². The first-order valence-corrected chi connectivity index (χ1v) is 5.53. The Morgan fingerprint density at radius 3 is 2.11 bits per heavy atom. The van der Waals surface area contributed by atoms with Crippen molar-refractivity contribution in [2.45, 2.75) is 6.18 Å². The molecule has 0 unspecified atom stereocenters. The summed E-state index contributed by atoms with van der Waals surface area (Å²) in [5.41, 5.74) is -0.956. The number of rotatable bonds is 2. The van der Waals surface area contributed by atoms with Crippen molar-refractivity contribution in [2.24, 2.45) is 0 Å². The van der Waals surface area contributed by atoms with Gasteiger partial charge in [0.25, 0.3) is 0 Å². The highest BCUT2D eigenvalue weighted by atomic mass is 35.5. The van der Waals surface area contributed by atoms with E-state index in [1.165, 1.54) is 12.1 Å². The van der Waals surface area contributed by atoms with Crippen LogP contribution in [0, 0.1) is 0 Å². The summed E-state index contributed by atoms with van der Waals surface area (Å²) in [6.45, 7) is 0. The van der Waals surface area contributed by atoms with Crippen molar-refractivity contribution in [3.63, 3.8) is 0 Å². The topological polar surface area (TPSA) is 47.9 Å². The highest BCUT2D eigenvalue weighted by Gasteiger charge is 2.34. The molecule has 0 saturated heterocycles. The molecule has 2 aromatic rings. The molecule has 1 aromatic carbocycles. The molecule has 0 aliphatic carbocycles. The van der Waals surface area contributed by atoms with Crippen LogP contribution in [-0.2, 0) is 6.18 Å². The Morgan fingerprint density at radius 2 is 1.53 bits per heavy atom. The van der Waals surface area contributed by atoms with Crippen LogP contribution >= 0.6 is 23.2 Å². The van der Waals surface area contributed by atoms with Gasteiger partial charge in [-0.3, -0.25) is 0 Å². The number of aromatic nitrogens is 3.